The average Bonchev–Trinajstić information content (AvgIpc) is 3.33. The number of rotatable bonds is 5. The second kappa shape index (κ2) is 8.62. The summed E-state index contributed by atoms with van der Waals surface area (Å²) in [4.78, 5) is 14.7. The summed E-state index contributed by atoms with van der Waals surface area (Å²) in [6, 6.07) is 6.01. The zero-order valence-electron chi connectivity index (χ0n) is 20.3. The molecule has 6 nitrogen and oxygen atoms in total. The monoisotopic (exact) mass is 445 g/mol. The quantitative estimate of drug-likeness (QED) is 0.747. The molecule has 3 fully saturated rings. The van der Waals surface area contributed by atoms with Gasteiger partial charge in [-0.25, -0.2) is 0 Å². The van der Waals surface area contributed by atoms with Crippen molar-refractivity contribution in [2.75, 3.05) is 26.3 Å². The zero-order valence-corrected chi connectivity index (χ0v) is 20.3. The van der Waals surface area contributed by atoms with Crippen molar-refractivity contribution in [3.63, 3.8) is 0 Å². The summed E-state index contributed by atoms with van der Waals surface area (Å²) in [6.45, 7) is 12.1. The fourth-order valence-corrected chi connectivity index (χ4v) is 5.61. The first kappa shape index (κ1) is 23.5. The molecule has 32 heavy (non-hydrogen) atoms. The molecule has 3 aliphatic heterocycles. The van der Waals surface area contributed by atoms with Crippen molar-refractivity contribution >= 4 is 5.91 Å². The van der Waals surface area contributed by atoms with E-state index in [-0.39, 0.29) is 35.7 Å². The van der Waals surface area contributed by atoms with Gasteiger partial charge in [0, 0.05) is 13.1 Å². The van der Waals surface area contributed by atoms with E-state index in [9.17, 15) is 9.90 Å². The van der Waals surface area contributed by atoms with Crippen LogP contribution in [0, 0.1) is 19.3 Å². The highest BCUT2D eigenvalue weighted by Gasteiger charge is 2.53. The smallest absolute Gasteiger partial charge is 0.260 e. The second-order valence-electron chi connectivity index (χ2n) is 11.0. The molecule has 6 heteroatoms. The number of aryl methyl sites for hydroxylation is 2. The first-order chi connectivity index (χ1) is 15.0. The van der Waals surface area contributed by atoms with E-state index in [1.807, 2.05) is 50.8 Å². The third kappa shape index (κ3) is 4.68. The third-order valence-corrected chi connectivity index (χ3v) is 7.92. The van der Waals surface area contributed by atoms with Crippen molar-refractivity contribution in [2.24, 2.45) is 5.41 Å². The lowest BCUT2D eigenvalue weighted by molar-refractivity contribution is -0.155. The Morgan fingerprint density at radius 3 is 2.47 bits per heavy atom. The van der Waals surface area contributed by atoms with Crippen LogP contribution in [0.15, 0.2) is 18.2 Å². The summed E-state index contributed by atoms with van der Waals surface area (Å²) in [7, 11) is 0. The molecule has 0 radical (unpaired) electrons. The fraction of sp³-hybridized carbons (Fsp3) is 0.731. The van der Waals surface area contributed by atoms with Gasteiger partial charge in [0.1, 0.15) is 5.75 Å². The highest BCUT2D eigenvalue weighted by Crippen LogP contribution is 2.49. The topological polar surface area (TPSA) is 68.2 Å². The number of hydrogen-bond acceptors (Lipinski definition) is 5. The van der Waals surface area contributed by atoms with E-state index < -0.39 is 5.60 Å². The molecular weight excluding hydrogens is 406 g/mol. The SMILES string of the molecule is Cc1cccc(C)c1OCC(=O)N1CCC2(CC1)CO[C@H]([C@@]1(C)CC[C@@H](C(C)(C)O)O1)C2. The van der Waals surface area contributed by atoms with E-state index in [0.717, 1.165) is 68.7 Å². The maximum absolute atomic E-state index is 12.8. The molecule has 0 aromatic heterocycles. The van der Waals surface area contributed by atoms with E-state index in [1.165, 1.54) is 0 Å². The summed E-state index contributed by atoms with van der Waals surface area (Å²) in [6.07, 6.45) is 4.52. The average molecular weight is 446 g/mol. The van der Waals surface area contributed by atoms with Crippen molar-refractivity contribution in [1.82, 2.24) is 4.90 Å². The van der Waals surface area contributed by atoms with E-state index in [2.05, 4.69) is 6.92 Å². The van der Waals surface area contributed by atoms with Gasteiger partial charge in [0.2, 0.25) is 0 Å². The number of amides is 1. The van der Waals surface area contributed by atoms with Crippen LogP contribution in [-0.2, 0) is 14.3 Å². The van der Waals surface area contributed by atoms with E-state index in [4.69, 9.17) is 14.2 Å². The Kier molecular flexibility index (Phi) is 6.34. The first-order valence-corrected chi connectivity index (χ1v) is 12.0. The fourth-order valence-electron chi connectivity index (χ4n) is 5.61. The van der Waals surface area contributed by atoms with Crippen molar-refractivity contribution in [3.05, 3.63) is 29.3 Å². The number of carbonyl (C=O) groups excluding carboxylic acids is 1. The van der Waals surface area contributed by atoms with Crippen molar-refractivity contribution in [2.45, 2.75) is 90.1 Å². The minimum atomic E-state index is -0.835. The molecule has 3 heterocycles. The molecule has 3 saturated heterocycles. The van der Waals surface area contributed by atoms with Gasteiger partial charge in [0.25, 0.3) is 5.91 Å². The van der Waals surface area contributed by atoms with E-state index in [0.29, 0.717) is 0 Å². The molecule has 178 valence electrons. The molecule has 1 N–H and O–H groups in total. The van der Waals surface area contributed by atoms with E-state index in [1.54, 1.807) is 0 Å². The van der Waals surface area contributed by atoms with Gasteiger partial charge < -0.3 is 24.2 Å². The van der Waals surface area contributed by atoms with Crippen molar-refractivity contribution in [3.8, 4) is 5.75 Å². The predicted octanol–water partition coefficient (Wildman–Crippen LogP) is 3.79. The molecular formula is C26H39NO5. The van der Waals surface area contributed by atoms with Crippen LogP contribution in [0.4, 0.5) is 0 Å². The Balaban J connectivity index is 1.29. The molecule has 3 aliphatic rings. The largest absolute Gasteiger partial charge is 0.483 e. The normalized spacial score (nSPS) is 30.1. The van der Waals surface area contributed by atoms with Gasteiger partial charge in [-0.2, -0.15) is 0 Å². The molecule has 0 bridgehead atoms. The first-order valence-electron chi connectivity index (χ1n) is 12.0. The van der Waals surface area contributed by atoms with Crippen molar-refractivity contribution < 1.29 is 24.1 Å². The summed E-state index contributed by atoms with van der Waals surface area (Å²) >= 11 is 0. The molecule has 3 atom stereocenters. The Hall–Kier alpha value is -1.63. The van der Waals surface area contributed by atoms with Crippen LogP contribution in [0.1, 0.15) is 64.0 Å². The lowest BCUT2D eigenvalue weighted by Crippen LogP contribution is -2.46. The number of ether oxygens (including phenoxy) is 3. The number of carbonyl (C=O) groups is 1. The number of aliphatic hydroxyl groups is 1. The number of piperidine rings is 1. The van der Waals surface area contributed by atoms with Crippen LogP contribution in [0.2, 0.25) is 0 Å². The highest BCUT2D eigenvalue weighted by molar-refractivity contribution is 5.78. The number of hydrogen-bond donors (Lipinski definition) is 1. The number of benzene rings is 1. The second-order valence-corrected chi connectivity index (χ2v) is 11.0. The van der Waals surface area contributed by atoms with E-state index >= 15 is 0 Å². The molecule has 0 aliphatic carbocycles. The highest BCUT2D eigenvalue weighted by atomic mass is 16.6. The number of para-hydroxylation sites is 1. The maximum atomic E-state index is 12.8. The van der Waals surface area contributed by atoms with Gasteiger partial charge in [-0.3, -0.25) is 4.79 Å². The molecule has 1 aromatic carbocycles. The van der Waals surface area contributed by atoms with Crippen LogP contribution in [0.25, 0.3) is 0 Å². The van der Waals surface area contributed by atoms with Gasteiger partial charge in [0.05, 0.1) is 30.0 Å². The maximum Gasteiger partial charge on any atom is 0.260 e. The van der Waals surface area contributed by atoms with Crippen LogP contribution >= 0.6 is 0 Å². The van der Waals surface area contributed by atoms with Crippen LogP contribution < -0.4 is 4.74 Å². The minimum absolute atomic E-state index is 0.0458. The molecule has 1 spiro atoms. The van der Waals surface area contributed by atoms with Gasteiger partial charge in [-0.15, -0.1) is 0 Å². The lowest BCUT2D eigenvalue weighted by atomic mass is 9.74. The Labute approximate surface area is 192 Å². The molecule has 1 amide bonds. The van der Waals surface area contributed by atoms with Crippen LogP contribution in [-0.4, -0.2) is 65.6 Å². The standard InChI is InChI=1S/C26H39NO5/c1-18-7-6-8-19(2)23(18)30-16-22(28)27-13-11-26(12-14-27)15-21(31-17-26)25(5)10-9-20(32-25)24(3,4)29/h6-8,20-21,29H,9-17H2,1-5H3/t20-,21-,25+/m0/s1. The Morgan fingerprint density at radius 1 is 1.22 bits per heavy atom. The van der Waals surface area contributed by atoms with Gasteiger partial charge in [-0.1, -0.05) is 18.2 Å². The molecule has 0 unspecified atom stereocenters. The third-order valence-electron chi connectivity index (χ3n) is 7.92. The summed E-state index contributed by atoms with van der Waals surface area (Å²) in [5, 5.41) is 10.3. The van der Waals surface area contributed by atoms with Gasteiger partial charge in [0.15, 0.2) is 6.61 Å². The van der Waals surface area contributed by atoms with Crippen LogP contribution in [0.5, 0.6) is 5.75 Å². The van der Waals surface area contributed by atoms with Crippen LogP contribution in [0.3, 0.4) is 0 Å². The lowest BCUT2D eigenvalue weighted by Gasteiger charge is -2.39. The Bertz CT molecular complexity index is 819. The van der Waals surface area contributed by atoms with Gasteiger partial charge in [-0.05, 0) is 83.3 Å². The van der Waals surface area contributed by atoms with Gasteiger partial charge >= 0.3 is 0 Å². The summed E-state index contributed by atoms with van der Waals surface area (Å²) in [5.74, 6) is 0.868. The number of nitrogens with zero attached hydrogens (tertiary/aromatic N) is 1. The molecule has 1 aromatic rings. The zero-order chi connectivity index (χ0) is 23.1. The minimum Gasteiger partial charge on any atom is -0.483 e. The molecule has 4 rings (SSSR count). The van der Waals surface area contributed by atoms with Crippen molar-refractivity contribution in [1.29, 1.82) is 0 Å². The Morgan fingerprint density at radius 2 is 1.88 bits per heavy atom. The molecule has 0 saturated carbocycles. The summed E-state index contributed by atoms with van der Waals surface area (Å²) in [5.41, 5.74) is 1.05. The summed E-state index contributed by atoms with van der Waals surface area (Å²) < 4.78 is 18.5. The number of likely N-dealkylation sites (tertiary alicyclic amines) is 1. The predicted molar refractivity (Wildman–Crippen MR) is 123 cm³/mol.